The number of fused-ring (bicyclic) bond motifs is 6. The molecule has 2 aliphatic rings. The third-order valence-electron chi connectivity index (χ3n) is 18.4. The van der Waals surface area contributed by atoms with Gasteiger partial charge in [0.15, 0.2) is 0 Å². The largest absolute Gasteiger partial charge is 0.0642 e. The number of rotatable bonds is 8. The van der Waals surface area contributed by atoms with Gasteiger partial charge in [-0.05, 0) is 204 Å². The zero-order valence-electron chi connectivity index (χ0n) is 41.5. The summed E-state index contributed by atoms with van der Waals surface area (Å²) in [5, 5.41) is 16.0. The highest BCUT2D eigenvalue weighted by Gasteiger charge is 2.43. The summed E-state index contributed by atoms with van der Waals surface area (Å²) < 4.78 is 0. The van der Waals surface area contributed by atoms with E-state index in [0.717, 1.165) is 25.7 Å². The Morgan fingerprint density at radius 2 is 0.514 bits per heavy atom. The standard InChI is InChI=1S/C72H54/c1-5-71(6-2)63-39-51(43-15-17-44(18-16-43)55-31-23-49-21-19-45-11-9-13-47-25-37-61(55)69(49)67(45)47)27-33-57(63)58-34-28-52(40-64(58)71)53-29-35-59-60-36-30-54(42-66(60)72(7-3,8-4)65(59)41-53)56-32-24-50-22-20-46-12-10-14-48-26-38-62(56)70(50)68(46)48/h9-42H,5-8H2,1-4H3. The maximum Gasteiger partial charge on any atom is 0.0210 e. The maximum atomic E-state index is 2.56. The van der Waals surface area contributed by atoms with Crippen molar-refractivity contribution in [2.45, 2.75) is 64.2 Å². The van der Waals surface area contributed by atoms with Crippen molar-refractivity contribution in [1.29, 1.82) is 0 Å². The van der Waals surface area contributed by atoms with Crippen LogP contribution in [-0.4, -0.2) is 0 Å². The summed E-state index contributed by atoms with van der Waals surface area (Å²) in [5.41, 5.74) is 21.6. The fourth-order valence-corrected chi connectivity index (χ4v) is 14.5. The molecule has 0 atom stereocenters. The number of hydrogen-bond donors (Lipinski definition) is 0. The van der Waals surface area contributed by atoms with Gasteiger partial charge < -0.3 is 0 Å². The average molecular weight is 919 g/mol. The van der Waals surface area contributed by atoms with E-state index in [1.165, 1.54) is 154 Å². The molecule has 0 N–H and O–H groups in total. The minimum atomic E-state index is -0.0689. The zero-order chi connectivity index (χ0) is 48.0. The fourth-order valence-electron chi connectivity index (χ4n) is 14.5. The summed E-state index contributed by atoms with van der Waals surface area (Å²) in [6.45, 7) is 9.59. The normalized spacial score (nSPS) is 14.3. The van der Waals surface area contributed by atoms with Crippen LogP contribution in [-0.2, 0) is 10.8 Å². The monoisotopic (exact) mass is 918 g/mol. The first-order valence-electron chi connectivity index (χ1n) is 26.5. The van der Waals surface area contributed by atoms with Gasteiger partial charge in [0.2, 0.25) is 0 Å². The lowest BCUT2D eigenvalue weighted by molar-refractivity contribution is 0.490. The smallest absolute Gasteiger partial charge is 0.0210 e. The quantitative estimate of drug-likeness (QED) is 0.133. The lowest BCUT2D eigenvalue weighted by Crippen LogP contribution is -2.23. The van der Waals surface area contributed by atoms with Crippen molar-refractivity contribution in [2.24, 2.45) is 0 Å². The van der Waals surface area contributed by atoms with Crippen LogP contribution in [0.4, 0.5) is 0 Å². The van der Waals surface area contributed by atoms with Crippen molar-refractivity contribution in [3.63, 3.8) is 0 Å². The Hall–Kier alpha value is -8.06. The number of hydrogen-bond acceptors (Lipinski definition) is 0. The van der Waals surface area contributed by atoms with Crippen LogP contribution >= 0.6 is 0 Å². The van der Waals surface area contributed by atoms with Gasteiger partial charge >= 0.3 is 0 Å². The summed E-state index contributed by atoms with van der Waals surface area (Å²) in [5.74, 6) is 0. The SMILES string of the molecule is CCC1(CC)c2cc(-c3ccc(-c4ccc5ccc6cccc7ccc4c5c67)cc3)ccc2-c2ccc(-c3ccc4c(c3)C(CC)(CC)c3cc(-c5ccc6ccc7cccc8ccc5c6c78)ccc3-4)cc21. The molecule has 342 valence electrons. The van der Waals surface area contributed by atoms with E-state index >= 15 is 0 Å². The van der Waals surface area contributed by atoms with Gasteiger partial charge in [-0.15, -0.1) is 0 Å². The molecular weight excluding hydrogens is 865 g/mol. The summed E-state index contributed by atoms with van der Waals surface area (Å²) in [6.07, 6.45) is 4.20. The van der Waals surface area contributed by atoms with Crippen molar-refractivity contribution < 1.29 is 0 Å². The van der Waals surface area contributed by atoms with Gasteiger partial charge in [0, 0.05) is 10.8 Å². The molecule has 0 nitrogen and oxygen atoms in total. The molecule has 0 heterocycles. The van der Waals surface area contributed by atoms with Crippen molar-refractivity contribution in [2.75, 3.05) is 0 Å². The fraction of sp³-hybridized carbons (Fsp3) is 0.139. The molecule has 0 saturated carbocycles. The molecule has 0 aromatic heterocycles. The third kappa shape index (κ3) is 5.53. The van der Waals surface area contributed by atoms with E-state index in [1.54, 1.807) is 0 Å². The molecule has 2 aliphatic carbocycles. The summed E-state index contributed by atoms with van der Waals surface area (Å²) in [7, 11) is 0. The second-order valence-electron chi connectivity index (χ2n) is 21.1. The minimum Gasteiger partial charge on any atom is -0.0642 e. The summed E-state index contributed by atoms with van der Waals surface area (Å²) in [6, 6.07) is 79.8. The van der Waals surface area contributed by atoms with E-state index in [-0.39, 0.29) is 10.8 Å². The Kier molecular flexibility index (Phi) is 8.82. The molecule has 0 bridgehead atoms. The Morgan fingerprint density at radius 1 is 0.236 bits per heavy atom. The Labute approximate surface area is 421 Å². The van der Waals surface area contributed by atoms with E-state index < -0.39 is 0 Å². The second-order valence-corrected chi connectivity index (χ2v) is 21.1. The molecule has 0 unspecified atom stereocenters. The van der Waals surface area contributed by atoms with Gasteiger partial charge in [0.05, 0.1) is 0 Å². The first kappa shape index (κ1) is 41.7. The first-order valence-corrected chi connectivity index (χ1v) is 26.5. The highest BCUT2D eigenvalue weighted by Crippen LogP contribution is 2.57. The molecule has 0 radical (unpaired) electrons. The van der Waals surface area contributed by atoms with Crippen molar-refractivity contribution in [1.82, 2.24) is 0 Å². The molecule has 13 aromatic carbocycles. The predicted molar refractivity (Wildman–Crippen MR) is 309 cm³/mol. The average Bonchev–Trinajstić information content (AvgIpc) is 3.89. The van der Waals surface area contributed by atoms with Crippen molar-refractivity contribution >= 4 is 64.6 Å². The Bertz CT molecular complexity index is 4330. The van der Waals surface area contributed by atoms with E-state index in [1.807, 2.05) is 0 Å². The van der Waals surface area contributed by atoms with Gasteiger partial charge in [-0.3, -0.25) is 0 Å². The molecule has 15 rings (SSSR count). The molecular formula is C72H54. The van der Waals surface area contributed by atoms with Crippen LogP contribution in [0.5, 0.6) is 0 Å². The van der Waals surface area contributed by atoms with Crippen LogP contribution in [0, 0.1) is 0 Å². The van der Waals surface area contributed by atoms with Gasteiger partial charge in [0.1, 0.15) is 0 Å². The van der Waals surface area contributed by atoms with Gasteiger partial charge in [0.25, 0.3) is 0 Å². The summed E-state index contributed by atoms with van der Waals surface area (Å²) >= 11 is 0. The molecule has 0 spiro atoms. The van der Waals surface area contributed by atoms with Crippen molar-refractivity contribution in [3.05, 3.63) is 229 Å². The van der Waals surface area contributed by atoms with Crippen molar-refractivity contribution in [3.8, 4) is 66.8 Å². The van der Waals surface area contributed by atoms with E-state index in [4.69, 9.17) is 0 Å². The lowest BCUT2D eigenvalue weighted by atomic mass is 9.72. The molecule has 13 aromatic rings. The van der Waals surface area contributed by atoms with Crippen LogP contribution < -0.4 is 0 Å². The second kappa shape index (κ2) is 15.2. The highest BCUT2D eigenvalue weighted by molar-refractivity contribution is 6.26. The highest BCUT2D eigenvalue weighted by atomic mass is 14.5. The van der Waals surface area contributed by atoms with Crippen LogP contribution in [0.3, 0.4) is 0 Å². The van der Waals surface area contributed by atoms with E-state index in [2.05, 4.69) is 234 Å². The minimum absolute atomic E-state index is 0.0660. The topological polar surface area (TPSA) is 0 Å². The predicted octanol–water partition coefficient (Wildman–Crippen LogP) is 20.3. The summed E-state index contributed by atoms with van der Waals surface area (Å²) in [4.78, 5) is 0. The molecule has 0 fully saturated rings. The molecule has 0 saturated heterocycles. The van der Waals surface area contributed by atoms with E-state index in [9.17, 15) is 0 Å². The maximum absolute atomic E-state index is 2.56. The van der Waals surface area contributed by atoms with E-state index in [0.29, 0.717) is 0 Å². The first-order chi connectivity index (χ1) is 35.4. The van der Waals surface area contributed by atoms with Crippen LogP contribution in [0.2, 0.25) is 0 Å². The van der Waals surface area contributed by atoms with Gasteiger partial charge in [-0.2, -0.15) is 0 Å². The van der Waals surface area contributed by atoms with Gasteiger partial charge in [-0.25, -0.2) is 0 Å². The number of benzene rings is 13. The molecule has 72 heavy (non-hydrogen) atoms. The van der Waals surface area contributed by atoms with Gasteiger partial charge in [-0.1, -0.05) is 210 Å². The zero-order valence-corrected chi connectivity index (χ0v) is 41.5. The molecule has 0 amide bonds. The van der Waals surface area contributed by atoms with Crippen LogP contribution in [0.1, 0.15) is 75.6 Å². The molecule has 0 heteroatoms. The Morgan fingerprint density at radius 3 is 0.917 bits per heavy atom. The lowest BCUT2D eigenvalue weighted by Gasteiger charge is -2.31. The van der Waals surface area contributed by atoms with Crippen LogP contribution in [0.15, 0.2) is 206 Å². The third-order valence-corrected chi connectivity index (χ3v) is 18.4. The van der Waals surface area contributed by atoms with Crippen LogP contribution in [0.25, 0.3) is 131 Å². The Balaban J connectivity index is 0.773. The molecule has 0 aliphatic heterocycles.